The third-order valence-corrected chi connectivity index (χ3v) is 7.79. The number of hydrogen-bond acceptors (Lipinski definition) is 6. The number of benzene rings is 2. The molecule has 9 heteroatoms. The van der Waals surface area contributed by atoms with Crippen LogP contribution in [-0.4, -0.2) is 77.2 Å². The molecule has 2 aromatic carbocycles. The SMILES string of the molecule is O=C(C[C@@H]1SC(N2CCCC2)=NC1=O)Nc1ccc(C(=O)N2CCN(c3ccccc3)CC2)cc1. The van der Waals surface area contributed by atoms with E-state index in [1.165, 1.54) is 17.4 Å². The van der Waals surface area contributed by atoms with Crippen LogP contribution in [0.5, 0.6) is 0 Å². The number of amides is 3. The van der Waals surface area contributed by atoms with E-state index in [0.29, 0.717) is 24.3 Å². The highest BCUT2D eigenvalue weighted by molar-refractivity contribution is 8.15. The van der Waals surface area contributed by atoms with Crippen LogP contribution in [0.15, 0.2) is 59.6 Å². The van der Waals surface area contributed by atoms with Crippen LogP contribution >= 0.6 is 11.8 Å². The van der Waals surface area contributed by atoms with Gasteiger partial charge in [0.15, 0.2) is 5.17 Å². The molecule has 35 heavy (non-hydrogen) atoms. The predicted octanol–water partition coefficient (Wildman–Crippen LogP) is 3.07. The number of amidine groups is 1. The van der Waals surface area contributed by atoms with Gasteiger partial charge in [0.05, 0.1) is 0 Å². The Morgan fingerprint density at radius 3 is 2.26 bits per heavy atom. The molecule has 3 amide bonds. The minimum atomic E-state index is -0.471. The minimum Gasteiger partial charge on any atom is -0.368 e. The number of likely N-dealkylation sites (tertiary alicyclic amines) is 1. The van der Waals surface area contributed by atoms with Crippen molar-refractivity contribution in [1.29, 1.82) is 0 Å². The number of thioether (sulfide) groups is 1. The van der Waals surface area contributed by atoms with Gasteiger partial charge in [0, 0.05) is 62.6 Å². The lowest BCUT2D eigenvalue weighted by Gasteiger charge is -2.36. The summed E-state index contributed by atoms with van der Waals surface area (Å²) in [7, 11) is 0. The first-order valence-corrected chi connectivity index (χ1v) is 13.0. The second kappa shape index (κ2) is 10.5. The van der Waals surface area contributed by atoms with Gasteiger partial charge >= 0.3 is 0 Å². The molecule has 1 N–H and O–H groups in total. The highest BCUT2D eigenvalue weighted by Crippen LogP contribution is 2.29. The standard InChI is InChI=1S/C26H29N5O3S/c32-23(18-22-24(33)28-26(35-22)31-12-4-5-13-31)27-20-10-8-19(9-11-20)25(34)30-16-14-29(15-17-30)21-6-2-1-3-7-21/h1-3,6-11,22H,4-5,12-18H2,(H,27,32)/t22-/m0/s1. The van der Waals surface area contributed by atoms with E-state index >= 15 is 0 Å². The number of anilines is 2. The van der Waals surface area contributed by atoms with Gasteiger partial charge in [-0.25, -0.2) is 0 Å². The zero-order chi connectivity index (χ0) is 24.2. The summed E-state index contributed by atoms with van der Waals surface area (Å²) in [5.74, 6) is -0.472. The van der Waals surface area contributed by atoms with Crippen LogP contribution in [0.4, 0.5) is 11.4 Å². The summed E-state index contributed by atoms with van der Waals surface area (Å²) in [6.07, 6.45) is 2.30. The van der Waals surface area contributed by atoms with Crippen molar-refractivity contribution in [3.05, 3.63) is 60.2 Å². The van der Waals surface area contributed by atoms with Gasteiger partial charge in [0.1, 0.15) is 5.25 Å². The van der Waals surface area contributed by atoms with Gasteiger partial charge in [-0.15, -0.1) is 0 Å². The number of aliphatic imine (C=N–C) groups is 1. The van der Waals surface area contributed by atoms with Crippen LogP contribution in [-0.2, 0) is 9.59 Å². The molecule has 0 saturated carbocycles. The fourth-order valence-corrected chi connectivity index (χ4v) is 5.74. The lowest BCUT2D eigenvalue weighted by Crippen LogP contribution is -2.48. The molecule has 3 aliphatic rings. The molecule has 0 radical (unpaired) electrons. The van der Waals surface area contributed by atoms with Crippen LogP contribution in [0.3, 0.4) is 0 Å². The summed E-state index contributed by atoms with van der Waals surface area (Å²) in [5, 5.41) is 3.12. The van der Waals surface area contributed by atoms with E-state index in [4.69, 9.17) is 0 Å². The molecule has 0 bridgehead atoms. The lowest BCUT2D eigenvalue weighted by molar-refractivity contribution is -0.121. The van der Waals surface area contributed by atoms with Crippen molar-refractivity contribution in [2.75, 3.05) is 49.5 Å². The largest absolute Gasteiger partial charge is 0.368 e. The molecule has 0 aromatic heterocycles. The smallest absolute Gasteiger partial charge is 0.262 e. The fraction of sp³-hybridized carbons (Fsp3) is 0.385. The summed E-state index contributed by atoms with van der Waals surface area (Å²) >= 11 is 1.39. The normalized spacial score (nSPS) is 20.2. The Morgan fingerprint density at radius 1 is 0.886 bits per heavy atom. The zero-order valence-corrected chi connectivity index (χ0v) is 20.4. The summed E-state index contributed by atoms with van der Waals surface area (Å²) in [6, 6.07) is 17.2. The van der Waals surface area contributed by atoms with Crippen molar-refractivity contribution in [2.24, 2.45) is 4.99 Å². The van der Waals surface area contributed by atoms with Crippen molar-refractivity contribution in [3.8, 4) is 0 Å². The first-order chi connectivity index (χ1) is 17.1. The van der Waals surface area contributed by atoms with Crippen LogP contribution in [0.1, 0.15) is 29.6 Å². The molecule has 8 nitrogen and oxygen atoms in total. The van der Waals surface area contributed by atoms with E-state index in [1.54, 1.807) is 24.3 Å². The van der Waals surface area contributed by atoms with Gasteiger partial charge in [0.25, 0.3) is 11.8 Å². The second-order valence-corrected chi connectivity index (χ2v) is 10.1. The third-order valence-electron chi connectivity index (χ3n) is 6.58. The molecule has 0 spiro atoms. The van der Waals surface area contributed by atoms with Gasteiger partial charge in [-0.1, -0.05) is 30.0 Å². The monoisotopic (exact) mass is 491 g/mol. The molecule has 3 heterocycles. The van der Waals surface area contributed by atoms with E-state index in [1.807, 2.05) is 23.1 Å². The van der Waals surface area contributed by atoms with Gasteiger partial charge in [-0.05, 0) is 49.2 Å². The summed E-state index contributed by atoms with van der Waals surface area (Å²) < 4.78 is 0. The number of carbonyl (C=O) groups excluding carboxylic acids is 3. The van der Waals surface area contributed by atoms with Crippen LogP contribution < -0.4 is 10.2 Å². The average molecular weight is 492 g/mol. The first kappa shape index (κ1) is 23.4. The maximum absolute atomic E-state index is 12.9. The van der Waals surface area contributed by atoms with Crippen molar-refractivity contribution in [2.45, 2.75) is 24.5 Å². The number of nitrogens with zero attached hydrogens (tertiary/aromatic N) is 4. The Morgan fingerprint density at radius 2 is 1.57 bits per heavy atom. The van der Waals surface area contributed by atoms with Crippen molar-refractivity contribution < 1.29 is 14.4 Å². The van der Waals surface area contributed by atoms with Crippen LogP contribution in [0.25, 0.3) is 0 Å². The minimum absolute atomic E-state index is 0.00451. The van der Waals surface area contributed by atoms with E-state index in [0.717, 1.165) is 44.2 Å². The quantitative estimate of drug-likeness (QED) is 0.692. The molecule has 2 aromatic rings. The number of hydrogen-bond donors (Lipinski definition) is 1. The van der Waals surface area contributed by atoms with Crippen LogP contribution in [0, 0.1) is 0 Å². The molecule has 2 fully saturated rings. The predicted molar refractivity (Wildman–Crippen MR) is 139 cm³/mol. The number of nitrogens with one attached hydrogen (secondary N) is 1. The molecule has 1 atom stereocenters. The molecule has 2 saturated heterocycles. The van der Waals surface area contributed by atoms with Crippen molar-refractivity contribution in [3.63, 3.8) is 0 Å². The molecule has 0 unspecified atom stereocenters. The average Bonchev–Trinajstić information content (AvgIpc) is 3.55. The van der Waals surface area contributed by atoms with E-state index in [9.17, 15) is 14.4 Å². The van der Waals surface area contributed by atoms with E-state index in [2.05, 4.69) is 32.2 Å². The molecule has 5 rings (SSSR count). The van der Waals surface area contributed by atoms with Crippen molar-refractivity contribution in [1.82, 2.24) is 9.80 Å². The molecule has 0 aliphatic carbocycles. The number of para-hydroxylation sites is 1. The molecule has 182 valence electrons. The summed E-state index contributed by atoms with van der Waals surface area (Å²) in [5.41, 5.74) is 2.38. The molecular weight excluding hydrogens is 462 g/mol. The Bertz CT molecular complexity index is 1110. The lowest BCUT2D eigenvalue weighted by atomic mass is 10.1. The van der Waals surface area contributed by atoms with Gasteiger partial charge in [-0.3, -0.25) is 14.4 Å². The number of rotatable bonds is 5. The third kappa shape index (κ3) is 5.51. The summed E-state index contributed by atoms with van der Waals surface area (Å²) in [4.78, 5) is 48.1. The Kier molecular flexibility index (Phi) is 7.03. The topological polar surface area (TPSA) is 85.3 Å². The number of piperazine rings is 1. The fourth-order valence-electron chi connectivity index (χ4n) is 4.62. The van der Waals surface area contributed by atoms with Gasteiger partial charge in [0.2, 0.25) is 5.91 Å². The van der Waals surface area contributed by atoms with Crippen molar-refractivity contribution >= 4 is 46.0 Å². The molecule has 3 aliphatic heterocycles. The Hall–Kier alpha value is -3.33. The maximum Gasteiger partial charge on any atom is 0.262 e. The maximum atomic E-state index is 12.9. The zero-order valence-electron chi connectivity index (χ0n) is 19.6. The van der Waals surface area contributed by atoms with Gasteiger partial charge < -0.3 is 20.0 Å². The summed E-state index contributed by atoms with van der Waals surface area (Å²) in [6.45, 7) is 4.77. The highest BCUT2D eigenvalue weighted by atomic mass is 32.2. The Balaban J connectivity index is 1.10. The van der Waals surface area contributed by atoms with Gasteiger partial charge in [-0.2, -0.15) is 4.99 Å². The number of carbonyl (C=O) groups is 3. The van der Waals surface area contributed by atoms with E-state index in [-0.39, 0.29) is 24.1 Å². The second-order valence-electron chi connectivity index (χ2n) is 8.98. The first-order valence-electron chi connectivity index (χ1n) is 12.1. The van der Waals surface area contributed by atoms with E-state index < -0.39 is 5.25 Å². The Labute approximate surface area is 209 Å². The van der Waals surface area contributed by atoms with Crippen LogP contribution in [0.2, 0.25) is 0 Å². The molecular formula is C26H29N5O3S. The highest BCUT2D eigenvalue weighted by Gasteiger charge is 2.33.